The fourth-order valence-electron chi connectivity index (χ4n) is 2.72. The summed E-state index contributed by atoms with van der Waals surface area (Å²) < 4.78 is 0. The summed E-state index contributed by atoms with van der Waals surface area (Å²) in [5, 5.41) is 1.09. The zero-order valence-corrected chi connectivity index (χ0v) is 12.5. The second-order valence-electron chi connectivity index (χ2n) is 5.83. The number of hydrogen-bond acceptors (Lipinski definition) is 2. The van der Waals surface area contributed by atoms with E-state index >= 15 is 0 Å². The van der Waals surface area contributed by atoms with Crippen molar-refractivity contribution >= 4 is 22.9 Å². The van der Waals surface area contributed by atoms with E-state index in [1.54, 1.807) is 12.3 Å². The van der Waals surface area contributed by atoms with Crippen molar-refractivity contribution < 1.29 is 4.79 Å². The summed E-state index contributed by atoms with van der Waals surface area (Å²) in [6.45, 7) is 4.15. The minimum Gasteiger partial charge on any atom is -0.334 e. The molecule has 108 valence electrons. The molecule has 0 N–H and O–H groups in total. The molecule has 3 heteroatoms. The van der Waals surface area contributed by atoms with E-state index < -0.39 is 0 Å². The van der Waals surface area contributed by atoms with Gasteiger partial charge in [0.05, 0.1) is 5.52 Å². The van der Waals surface area contributed by atoms with Gasteiger partial charge in [0, 0.05) is 35.3 Å². The Kier molecular flexibility index (Phi) is 3.74. The molecule has 1 aliphatic carbocycles. The summed E-state index contributed by atoms with van der Waals surface area (Å²) in [5.41, 5.74) is 1.92. The number of hydrogen-bond donors (Lipinski definition) is 0. The topological polar surface area (TPSA) is 33.2 Å². The first-order valence-corrected chi connectivity index (χ1v) is 7.51. The molecule has 0 saturated heterocycles. The number of fused-ring (bicyclic) bond motifs is 1. The van der Waals surface area contributed by atoms with E-state index in [1.807, 2.05) is 41.3 Å². The maximum absolute atomic E-state index is 12.4. The highest BCUT2D eigenvalue weighted by atomic mass is 16.2. The lowest BCUT2D eigenvalue weighted by molar-refractivity contribution is -0.128. The van der Waals surface area contributed by atoms with Crippen LogP contribution in [-0.4, -0.2) is 27.9 Å². The van der Waals surface area contributed by atoms with Crippen LogP contribution in [0.2, 0.25) is 0 Å². The number of aromatic nitrogens is 1. The third kappa shape index (κ3) is 2.97. The highest BCUT2D eigenvalue weighted by molar-refractivity contribution is 5.95. The van der Waals surface area contributed by atoms with Crippen molar-refractivity contribution in [2.24, 2.45) is 0 Å². The van der Waals surface area contributed by atoms with Crippen LogP contribution in [0.15, 0.2) is 42.6 Å². The van der Waals surface area contributed by atoms with E-state index in [-0.39, 0.29) is 11.9 Å². The molecule has 2 aromatic rings. The van der Waals surface area contributed by atoms with Crippen LogP contribution in [0.3, 0.4) is 0 Å². The Morgan fingerprint density at radius 1 is 1.29 bits per heavy atom. The Morgan fingerprint density at radius 3 is 2.76 bits per heavy atom. The molecule has 3 nitrogen and oxygen atoms in total. The zero-order chi connectivity index (χ0) is 14.8. The Hall–Kier alpha value is -2.16. The predicted octanol–water partition coefficient (Wildman–Crippen LogP) is 3.65. The van der Waals surface area contributed by atoms with Gasteiger partial charge in [-0.25, -0.2) is 0 Å². The standard InChI is InChI=1S/C18H20N2O/c1-13(2)20(16-9-10-16)17(21)11-8-15-6-3-5-14-7-4-12-19-18(14)15/h3-8,11-13,16H,9-10H2,1-2H3/b11-8+. The summed E-state index contributed by atoms with van der Waals surface area (Å²) in [6.07, 6.45) is 7.62. The van der Waals surface area contributed by atoms with Crippen LogP contribution in [-0.2, 0) is 4.79 Å². The Morgan fingerprint density at radius 2 is 2.05 bits per heavy atom. The van der Waals surface area contributed by atoms with Crippen molar-refractivity contribution in [3.63, 3.8) is 0 Å². The van der Waals surface area contributed by atoms with Crippen LogP contribution < -0.4 is 0 Å². The summed E-state index contributed by atoms with van der Waals surface area (Å²) in [4.78, 5) is 18.8. The lowest BCUT2D eigenvalue weighted by atomic mass is 10.1. The van der Waals surface area contributed by atoms with Gasteiger partial charge in [0.15, 0.2) is 0 Å². The maximum Gasteiger partial charge on any atom is 0.247 e. The fraction of sp³-hybridized carbons (Fsp3) is 0.333. The monoisotopic (exact) mass is 280 g/mol. The van der Waals surface area contributed by atoms with Crippen molar-refractivity contribution in [2.75, 3.05) is 0 Å². The van der Waals surface area contributed by atoms with E-state index in [0.717, 1.165) is 29.3 Å². The number of carbonyl (C=O) groups excluding carboxylic acids is 1. The average Bonchev–Trinajstić information content (AvgIpc) is 3.29. The van der Waals surface area contributed by atoms with Crippen molar-refractivity contribution in [1.29, 1.82) is 0 Å². The summed E-state index contributed by atoms with van der Waals surface area (Å²) in [6, 6.07) is 10.7. The van der Waals surface area contributed by atoms with E-state index in [1.165, 1.54) is 0 Å². The second-order valence-corrected chi connectivity index (χ2v) is 5.83. The molecular formula is C18H20N2O. The van der Waals surface area contributed by atoms with Crippen molar-refractivity contribution in [2.45, 2.75) is 38.8 Å². The molecule has 0 atom stereocenters. The van der Waals surface area contributed by atoms with Crippen LogP contribution in [0.4, 0.5) is 0 Å². The van der Waals surface area contributed by atoms with Crippen molar-refractivity contribution in [3.8, 4) is 0 Å². The zero-order valence-electron chi connectivity index (χ0n) is 12.5. The minimum atomic E-state index is 0.0976. The number of benzene rings is 1. The lowest BCUT2D eigenvalue weighted by Gasteiger charge is -2.25. The Labute approximate surface area is 125 Å². The smallest absolute Gasteiger partial charge is 0.247 e. The molecule has 1 heterocycles. The van der Waals surface area contributed by atoms with Gasteiger partial charge >= 0.3 is 0 Å². The first kappa shape index (κ1) is 13.8. The molecule has 0 radical (unpaired) electrons. The van der Waals surface area contributed by atoms with Crippen molar-refractivity contribution in [1.82, 2.24) is 9.88 Å². The number of nitrogens with zero attached hydrogens (tertiary/aromatic N) is 2. The molecule has 0 unspecified atom stereocenters. The lowest BCUT2D eigenvalue weighted by Crippen LogP contribution is -2.37. The first-order valence-electron chi connectivity index (χ1n) is 7.51. The molecule has 3 rings (SSSR count). The highest BCUT2D eigenvalue weighted by Crippen LogP contribution is 2.29. The van der Waals surface area contributed by atoms with Crippen LogP contribution in [0.1, 0.15) is 32.3 Å². The van der Waals surface area contributed by atoms with Gasteiger partial charge in [-0.05, 0) is 38.8 Å². The van der Waals surface area contributed by atoms with Gasteiger partial charge in [0.25, 0.3) is 0 Å². The quantitative estimate of drug-likeness (QED) is 0.801. The highest BCUT2D eigenvalue weighted by Gasteiger charge is 2.33. The SMILES string of the molecule is CC(C)N(C(=O)/C=C/c1cccc2cccnc12)C1CC1. The molecule has 21 heavy (non-hydrogen) atoms. The largest absolute Gasteiger partial charge is 0.334 e. The molecule has 1 amide bonds. The number of amides is 1. The predicted molar refractivity (Wildman–Crippen MR) is 85.8 cm³/mol. The average molecular weight is 280 g/mol. The molecule has 1 aromatic heterocycles. The summed E-state index contributed by atoms with van der Waals surface area (Å²) in [7, 11) is 0. The molecule has 0 aliphatic heterocycles. The van der Waals surface area contributed by atoms with Gasteiger partial charge in [-0.3, -0.25) is 9.78 Å². The Balaban J connectivity index is 1.85. The number of para-hydroxylation sites is 1. The van der Waals surface area contributed by atoms with Crippen LogP contribution >= 0.6 is 0 Å². The molecular weight excluding hydrogens is 260 g/mol. The van der Waals surface area contributed by atoms with E-state index in [9.17, 15) is 4.79 Å². The first-order chi connectivity index (χ1) is 10.2. The van der Waals surface area contributed by atoms with Gasteiger partial charge < -0.3 is 4.90 Å². The third-order valence-electron chi connectivity index (χ3n) is 3.82. The van der Waals surface area contributed by atoms with Gasteiger partial charge in [-0.15, -0.1) is 0 Å². The van der Waals surface area contributed by atoms with Gasteiger partial charge in [-0.2, -0.15) is 0 Å². The fourth-order valence-corrected chi connectivity index (χ4v) is 2.72. The molecule has 0 spiro atoms. The van der Waals surface area contributed by atoms with Crippen LogP contribution in [0, 0.1) is 0 Å². The summed E-state index contributed by atoms with van der Waals surface area (Å²) >= 11 is 0. The molecule has 1 aromatic carbocycles. The second kappa shape index (κ2) is 5.68. The minimum absolute atomic E-state index is 0.0976. The van der Waals surface area contributed by atoms with Gasteiger partial charge in [-0.1, -0.05) is 24.3 Å². The van der Waals surface area contributed by atoms with Crippen LogP contribution in [0.5, 0.6) is 0 Å². The van der Waals surface area contributed by atoms with Gasteiger partial charge in [0.1, 0.15) is 0 Å². The normalized spacial score (nSPS) is 15.0. The number of rotatable bonds is 4. The molecule has 1 aliphatic rings. The molecule has 1 fully saturated rings. The number of carbonyl (C=O) groups is 1. The maximum atomic E-state index is 12.4. The summed E-state index contributed by atoms with van der Waals surface area (Å²) in [5.74, 6) is 0.0976. The van der Waals surface area contributed by atoms with E-state index in [4.69, 9.17) is 0 Å². The van der Waals surface area contributed by atoms with E-state index in [0.29, 0.717) is 6.04 Å². The number of pyridine rings is 1. The van der Waals surface area contributed by atoms with Gasteiger partial charge in [0.2, 0.25) is 5.91 Å². The Bertz CT molecular complexity index is 679. The van der Waals surface area contributed by atoms with Crippen molar-refractivity contribution in [3.05, 3.63) is 48.2 Å². The van der Waals surface area contributed by atoms with E-state index in [2.05, 4.69) is 18.8 Å². The third-order valence-corrected chi connectivity index (χ3v) is 3.82. The molecule has 0 bridgehead atoms. The van der Waals surface area contributed by atoms with Crippen LogP contribution in [0.25, 0.3) is 17.0 Å². The molecule has 1 saturated carbocycles.